The van der Waals surface area contributed by atoms with Crippen molar-refractivity contribution in [3.8, 4) is 0 Å². The second kappa shape index (κ2) is 21.4. The predicted molar refractivity (Wildman–Crippen MR) is 145 cm³/mol. The van der Waals surface area contributed by atoms with Gasteiger partial charge in [0.15, 0.2) is 5.78 Å². The van der Waals surface area contributed by atoms with Crippen LogP contribution in [0, 0.1) is 15.2 Å². The topological polar surface area (TPSA) is 171 Å². The van der Waals surface area contributed by atoms with Gasteiger partial charge in [-0.3, -0.25) is 9.59 Å². The number of amides is 1. The van der Waals surface area contributed by atoms with Gasteiger partial charge in [-0.2, -0.15) is 19.2 Å². The molecule has 2 atom stereocenters. The van der Waals surface area contributed by atoms with Crippen LogP contribution >= 0.6 is 22.6 Å². The van der Waals surface area contributed by atoms with Crippen LogP contribution < -0.4 is 16.4 Å². The predicted octanol–water partition coefficient (Wildman–Crippen LogP) is 2.59. The van der Waals surface area contributed by atoms with E-state index < -0.39 is 17.5 Å². The zero-order valence-electron chi connectivity index (χ0n) is 21.8. The number of hydrogen-bond donors (Lipinski definition) is 3. The molecule has 2 fully saturated rings. The Hall–Kier alpha value is -3.39. The van der Waals surface area contributed by atoms with E-state index in [-0.39, 0.29) is 35.3 Å². The number of ketones is 1. The molecule has 0 spiro atoms. The third kappa shape index (κ3) is 15.3. The molecule has 2 aromatic rings. The molecular formula is C26H30F2IN3O8. The van der Waals surface area contributed by atoms with Crippen molar-refractivity contribution in [2.24, 2.45) is 5.73 Å². The van der Waals surface area contributed by atoms with Crippen molar-refractivity contribution in [3.63, 3.8) is 0 Å². The third-order valence-corrected chi connectivity index (χ3v) is 5.69. The molecule has 40 heavy (non-hydrogen) atoms. The maximum absolute atomic E-state index is 13.6. The fraction of sp³-hybridized carbons (Fsp3) is 0.385. The van der Waals surface area contributed by atoms with Crippen LogP contribution in [-0.2, 0) is 28.7 Å². The number of nitrogens with two attached hydrogens (primary N) is 1. The molecule has 2 aromatic carbocycles. The first-order valence-corrected chi connectivity index (χ1v) is 12.8. The number of benzene rings is 2. The molecule has 2 aliphatic rings. The number of Topliss-reactive ketones (excluding diaryl/α,β-unsaturated/α-hetero) is 1. The quantitative estimate of drug-likeness (QED) is 0.323. The number of rotatable bonds is 4. The van der Waals surface area contributed by atoms with Crippen molar-refractivity contribution in [1.82, 2.24) is 5.32 Å². The largest absolute Gasteiger partial charge is 0.380 e. The number of anilines is 1. The molecule has 0 bridgehead atoms. The van der Waals surface area contributed by atoms with E-state index in [4.69, 9.17) is 34.4 Å². The average molecular weight is 677 g/mol. The van der Waals surface area contributed by atoms with Crippen molar-refractivity contribution < 1.29 is 47.0 Å². The zero-order valence-corrected chi connectivity index (χ0v) is 24.0. The summed E-state index contributed by atoms with van der Waals surface area (Å²) in [5.41, 5.74) is 6.30. The van der Waals surface area contributed by atoms with Crippen molar-refractivity contribution in [3.05, 3.63) is 62.7 Å². The van der Waals surface area contributed by atoms with E-state index in [2.05, 4.69) is 10.6 Å². The second-order valence-corrected chi connectivity index (χ2v) is 9.19. The normalized spacial score (nSPS) is 16.4. The number of nitrogens with one attached hydrogen (secondary N) is 2. The van der Waals surface area contributed by atoms with Gasteiger partial charge in [0, 0.05) is 35.6 Å². The number of carbonyl (C=O) groups is 2. The summed E-state index contributed by atoms with van der Waals surface area (Å²) in [7, 11) is 1.48. The van der Waals surface area contributed by atoms with Crippen LogP contribution in [0.3, 0.4) is 0 Å². The highest BCUT2D eigenvalue weighted by molar-refractivity contribution is 14.1. The molecule has 0 radical (unpaired) electrons. The molecule has 4 N–H and O–H groups in total. The van der Waals surface area contributed by atoms with E-state index >= 15 is 0 Å². The molecule has 4 rings (SSSR count). The maximum Gasteiger partial charge on any atom is 0.373 e. The summed E-state index contributed by atoms with van der Waals surface area (Å²) >= 11 is 1.99. The maximum atomic E-state index is 13.6. The fourth-order valence-corrected chi connectivity index (χ4v) is 3.59. The highest BCUT2D eigenvalue weighted by Gasteiger charge is 2.16. The molecule has 11 nitrogen and oxygen atoms in total. The van der Waals surface area contributed by atoms with E-state index in [0.29, 0.717) is 18.3 Å². The van der Waals surface area contributed by atoms with Gasteiger partial charge < -0.3 is 25.8 Å². The van der Waals surface area contributed by atoms with Gasteiger partial charge in [0.2, 0.25) is 0 Å². The summed E-state index contributed by atoms with van der Waals surface area (Å²) in [6, 6.07) is 9.61. The first-order valence-electron chi connectivity index (χ1n) is 11.7. The van der Waals surface area contributed by atoms with Crippen molar-refractivity contribution in [2.45, 2.75) is 31.8 Å². The second-order valence-electron chi connectivity index (χ2n) is 7.95. The first kappa shape index (κ1) is 36.6. The minimum Gasteiger partial charge on any atom is -0.380 e. The van der Waals surface area contributed by atoms with E-state index in [1.165, 1.54) is 38.2 Å². The first-order chi connectivity index (χ1) is 19.0. The van der Waals surface area contributed by atoms with Gasteiger partial charge in [-0.15, -0.1) is 0 Å². The van der Waals surface area contributed by atoms with Crippen LogP contribution in [0.2, 0.25) is 0 Å². The van der Waals surface area contributed by atoms with Crippen LogP contribution in [-0.4, -0.2) is 69.6 Å². The van der Waals surface area contributed by atoms with Crippen molar-refractivity contribution >= 4 is 52.3 Å². The summed E-state index contributed by atoms with van der Waals surface area (Å²) < 4.78 is 37.5. The Morgan fingerprint density at radius 3 is 1.88 bits per heavy atom. The average Bonchev–Trinajstić information content (AvgIpc) is 3.59. The molecule has 2 saturated heterocycles. The zero-order chi connectivity index (χ0) is 30.5. The fourth-order valence-electron chi connectivity index (χ4n) is 3.14. The van der Waals surface area contributed by atoms with E-state index in [9.17, 15) is 18.4 Å². The van der Waals surface area contributed by atoms with Gasteiger partial charge in [0.25, 0.3) is 5.91 Å². The van der Waals surface area contributed by atoms with Crippen LogP contribution in [0.15, 0.2) is 36.4 Å². The Bertz CT molecular complexity index is 1130. The van der Waals surface area contributed by atoms with E-state index in [1.807, 2.05) is 22.6 Å². The van der Waals surface area contributed by atoms with Gasteiger partial charge in [0.05, 0.1) is 30.4 Å². The Balaban J connectivity index is 0.000000564. The molecule has 1 amide bonds. The molecule has 218 valence electrons. The van der Waals surface area contributed by atoms with E-state index in [0.717, 1.165) is 36.2 Å². The lowest BCUT2D eigenvalue weighted by Crippen LogP contribution is -2.21. The molecule has 14 heteroatoms. The van der Waals surface area contributed by atoms with Gasteiger partial charge in [-0.1, -0.05) is 0 Å². The Morgan fingerprint density at radius 1 is 0.925 bits per heavy atom. The summed E-state index contributed by atoms with van der Waals surface area (Å²) in [6.07, 6.45) is 2.46. The molecule has 0 aromatic heterocycles. The Morgan fingerprint density at radius 2 is 1.48 bits per heavy atom. The molecule has 0 unspecified atom stereocenters. The summed E-state index contributed by atoms with van der Waals surface area (Å²) in [5, 5.41) is 5.56. The third-order valence-electron chi connectivity index (χ3n) is 5.02. The minimum absolute atomic E-state index is 0.0562. The van der Waals surface area contributed by atoms with Gasteiger partial charge in [0.1, 0.15) is 11.6 Å². The SMILES string of the molecule is CC(=O)c1ccc(I)cc1F.CNC(=O)c1ccc(N[C@@H]2CCOC2)cc1F.N[C@@H]1CCOC1.O=C=O.O=C=O. The Labute approximate surface area is 243 Å². The number of carbonyl (C=O) groups excluding carboxylic acids is 6. The minimum atomic E-state index is -0.520. The van der Waals surface area contributed by atoms with Crippen LogP contribution in [0.5, 0.6) is 0 Å². The summed E-state index contributed by atoms with van der Waals surface area (Å²) in [4.78, 5) is 54.5. The standard InChI is InChI=1S/C12H15FN2O2.C8H6FIO.C4H9NO.2CO2/c1-14-12(16)10-3-2-8(6-11(10)13)15-9-4-5-17-7-9;1-5(11)7-3-2-6(10)4-8(7)9;5-4-1-2-6-3-4;2*2-1-3/h2-3,6,9,15H,4-5,7H2,1H3,(H,14,16);2-4H,1H3;4H,1-3,5H2;;/t9-;;4-;;/m1.1../s1. The van der Waals surface area contributed by atoms with Crippen LogP contribution in [0.4, 0.5) is 14.5 Å². The monoisotopic (exact) mass is 677 g/mol. The molecule has 0 aliphatic carbocycles. The van der Waals surface area contributed by atoms with Crippen molar-refractivity contribution in [2.75, 3.05) is 38.8 Å². The number of ether oxygens (including phenoxy) is 2. The van der Waals surface area contributed by atoms with Crippen LogP contribution in [0.1, 0.15) is 40.5 Å². The number of halogens is 3. The Kier molecular flexibility index (Phi) is 19.6. The highest BCUT2D eigenvalue weighted by atomic mass is 127. The summed E-state index contributed by atoms with van der Waals surface area (Å²) in [6.45, 7) is 4.35. The molecule has 0 saturated carbocycles. The van der Waals surface area contributed by atoms with Crippen molar-refractivity contribution in [1.29, 1.82) is 0 Å². The van der Waals surface area contributed by atoms with E-state index in [1.54, 1.807) is 12.1 Å². The van der Waals surface area contributed by atoms with Gasteiger partial charge >= 0.3 is 12.3 Å². The highest BCUT2D eigenvalue weighted by Crippen LogP contribution is 2.18. The molecule has 2 heterocycles. The summed E-state index contributed by atoms with van der Waals surface area (Å²) in [5.74, 6) is -1.62. The lowest BCUT2D eigenvalue weighted by Gasteiger charge is -2.12. The number of hydrogen-bond acceptors (Lipinski definition) is 10. The lowest BCUT2D eigenvalue weighted by molar-refractivity contribution is -0.193. The smallest absolute Gasteiger partial charge is 0.373 e. The molecule has 2 aliphatic heterocycles. The molecular weight excluding hydrogens is 647 g/mol. The van der Waals surface area contributed by atoms with Gasteiger partial charge in [-0.25, -0.2) is 8.78 Å². The van der Waals surface area contributed by atoms with Gasteiger partial charge in [-0.05, 0) is 78.8 Å². The van der Waals surface area contributed by atoms with Crippen LogP contribution in [0.25, 0.3) is 0 Å². The lowest BCUT2D eigenvalue weighted by atomic mass is 10.1.